The molecule has 1 rings (SSSR count). The van der Waals surface area contributed by atoms with Crippen molar-refractivity contribution < 1.29 is 4.74 Å². The molecule has 68 valence electrons. The number of methoxy groups -OCH3 is 1. The fraction of sp³-hybridized carbons (Fsp3) is 0.625. The number of nitrogens with zero attached hydrogens (tertiary/aromatic N) is 1. The molecule has 0 amide bonds. The molecule has 4 heteroatoms. The van der Waals surface area contributed by atoms with E-state index < -0.39 is 0 Å². The average molecular weight is 186 g/mol. The van der Waals surface area contributed by atoms with Gasteiger partial charge in [0.1, 0.15) is 0 Å². The van der Waals surface area contributed by atoms with Crippen LogP contribution in [0.25, 0.3) is 0 Å². The molecule has 0 aliphatic heterocycles. The molecule has 3 nitrogen and oxygen atoms in total. The first-order valence-electron chi connectivity index (χ1n) is 3.91. The lowest BCUT2D eigenvalue weighted by molar-refractivity contribution is 0.184. The SMILES string of the molecule is COCC(C)c1ncc(CN)s1. The van der Waals surface area contributed by atoms with Crippen LogP contribution in [0, 0.1) is 0 Å². The Kier molecular flexibility index (Phi) is 3.65. The third-order valence-corrected chi connectivity index (χ3v) is 2.86. The lowest BCUT2D eigenvalue weighted by Gasteiger charge is -2.04. The lowest BCUT2D eigenvalue weighted by atomic mass is 10.2. The zero-order valence-electron chi connectivity index (χ0n) is 7.41. The van der Waals surface area contributed by atoms with Gasteiger partial charge in [-0.2, -0.15) is 0 Å². The van der Waals surface area contributed by atoms with Gasteiger partial charge >= 0.3 is 0 Å². The molecule has 0 aliphatic carbocycles. The fourth-order valence-corrected chi connectivity index (χ4v) is 1.80. The van der Waals surface area contributed by atoms with Gasteiger partial charge in [0, 0.05) is 30.6 Å². The topological polar surface area (TPSA) is 48.1 Å². The second-order valence-electron chi connectivity index (χ2n) is 2.73. The molecule has 1 atom stereocenters. The summed E-state index contributed by atoms with van der Waals surface area (Å²) in [5.41, 5.74) is 5.48. The van der Waals surface area contributed by atoms with Gasteiger partial charge in [-0.1, -0.05) is 6.92 Å². The molecule has 1 aromatic heterocycles. The van der Waals surface area contributed by atoms with Gasteiger partial charge in [-0.3, -0.25) is 0 Å². The highest BCUT2D eigenvalue weighted by Gasteiger charge is 2.08. The summed E-state index contributed by atoms with van der Waals surface area (Å²) in [5.74, 6) is 0.375. The quantitative estimate of drug-likeness (QED) is 0.772. The molecule has 1 heterocycles. The normalized spacial score (nSPS) is 13.2. The highest BCUT2D eigenvalue weighted by Crippen LogP contribution is 2.21. The number of hydrogen-bond donors (Lipinski definition) is 1. The monoisotopic (exact) mass is 186 g/mol. The van der Waals surface area contributed by atoms with Crippen LogP contribution in [0.1, 0.15) is 22.7 Å². The first-order chi connectivity index (χ1) is 5.77. The maximum atomic E-state index is 5.48. The minimum absolute atomic E-state index is 0.375. The number of rotatable bonds is 4. The van der Waals surface area contributed by atoms with Crippen molar-refractivity contribution in [3.05, 3.63) is 16.1 Å². The van der Waals surface area contributed by atoms with Gasteiger partial charge in [-0.15, -0.1) is 11.3 Å². The van der Waals surface area contributed by atoms with Crippen LogP contribution in [0.3, 0.4) is 0 Å². The van der Waals surface area contributed by atoms with E-state index in [1.54, 1.807) is 18.4 Å². The van der Waals surface area contributed by atoms with Crippen LogP contribution < -0.4 is 5.73 Å². The molecule has 0 spiro atoms. The summed E-state index contributed by atoms with van der Waals surface area (Å²) in [7, 11) is 1.70. The van der Waals surface area contributed by atoms with Crippen LogP contribution in [-0.4, -0.2) is 18.7 Å². The molecular weight excluding hydrogens is 172 g/mol. The molecule has 2 N–H and O–H groups in total. The Bertz CT molecular complexity index is 237. The minimum Gasteiger partial charge on any atom is -0.384 e. The molecule has 0 aromatic carbocycles. The maximum Gasteiger partial charge on any atom is 0.0979 e. The van der Waals surface area contributed by atoms with E-state index in [4.69, 9.17) is 10.5 Å². The highest BCUT2D eigenvalue weighted by molar-refractivity contribution is 7.11. The molecule has 0 fully saturated rings. The zero-order chi connectivity index (χ0) is 8.97. The molecule has 1 aromatic rings. The summed E-state index contributed by atoms with van der Waals surface area (Å²) >= 11 is 1.66. The molecule has 0 aliphatic rings. The Balaban J connectivity index is 2.61. The van der Waals surface area contributed by atoms with Crippen LogP contribution in [-0.2, 0) is 11.3 Å². The molecule has 0 saturated heterocycles. The smallest absolute Gasteiger partial charge is 0.0979 e. The van der Waals surface area contributed by atoms with E-state index in [1.165, 1.54) is 0 Å². The number of hydrogen-bond acceptors (Lipinski definition) is 4. The van der Waals surface area contributed by atoms with Crippen molar-refractivity contribution in [1.29, 1.82) is 0 Å². The van der Waals surface area contributed by atoms with Gasteiger partial charge in [0.15, 0.2) is 0 Å². The summed E-state index contributed by atoms with van der Waals surface area (Å²) < 4.78 is 5.04. The number of ether oxygens (including phenoxy) is 1. The Morgan fingerprint density at radius 2 is 2.50 bits per heavy atom. The van der Waals surface area contributed by atoms with Gasteiger partial charge in [-0.05, 0) is 0 Å². The van der Waals surface area contributed by atoms with Gasteiger partial charge in [0.25, 0.3) is 0 Å². The van der Waals surface area contributed by atoms with E-state index in [2.05, 4.69) is 11.9 Å². The van der Waals surface area contributed by atoms with Crippen molar-refractivity contribution >= 4 is 11.3 Å². The molecule has 1 unspecified atom stereocenters. The largest absolute Gasteiger partial charge is 0.384 e. The van der Waals surface area contributed by atoms with E-state index in [0.717, 1.165) is 16.5 Å². The second-order valence-corrected chi connectivity index (χ2v) is 3.87. The fourth-order valence-electron chi connectivity index (χ4n) is 0.966. The Morgan fingerprint density at radius 3 is 3.00 bits per heavy atom. The van der Waals surface area contributed by atoms with Crippen molar-refractivity contribution in [1.82, 2.24) is 4.98 Å². The summed E-state index contributed by atoms with van der Waals surface area (Å²) in [6.07, 6.45) is 1.84. The van der Waals surface area contributed by atoms with E-state index >= 15 is 0 Å². The molecule has 12 heavy (non-hydrogen) atoms. The molecular formula is C8H14N2OS. The van der Waals surface area contributed by atoms with E-state index in [1.807, 2.05) is 6.20 Å². The Hall–Kier alpha value is -0.450. The van der Waals surface area contributed by atoms with Crippen molar-refractivity contribution in [2.24, 2.45) is 5.73 Å². The highest BCUT2D eigenvalue weighted by atomic mass is 32.1. The van der Waals surface area contributed by atoms with Crippen LogP contribution in [0.15, 0.2) is 6.20 Å². The zero-order valence-corrected chi connectivity index (χ0v) is 8.23. The van der Waals surface area contributed by atoms with Crippen LogP contribution >= 0.6 is 11.3 Å². The Morgan fingerprint density at radius 1 is 1.75 bits per heavy atom. The second kappa shape index (κ2) is 4.54. The summed E-state index contributed by atoms with van der Waals surface area (Å²) in [4.78, 5) is 5.40. The number of nitrogens with two attached hydrogens (primary N) is 1. The summed E-state index contributed by atoms with van der Waals surface area (Å²) in [6.45, 7) is 3.40. The number of aromatic nitrogens is 1. The average Bonchev–Trinajstić information content (AvgIpc) is 2.52. The molecule has 0 saturated carbocycles. The molecule has 0 radical (unpaired) electrons. The van der Waals surface area contributed by atoms with E-state index in [0.29, 0.717) is 12.5 Å². The number of thiazole rings is 1. The van der Waals surface area contributed by atoms with Crippen molar-refractivity contribution in [2.45, 2.75) is 19.4 Å². The van der Waals surface area contributed by atoms with Gasteiger partial charge in [-0.25, -0.2) is 4.98 Å². The van der Waals surface area contributed by atoms with E-state index in [-0.39, 0.29) is 0 Å². The van der Waals surface area contributed by atoms with Crippen LogP contribution in [0.5, 0.6) is 0 Å². The summed E-state index contributed by atoms with van der Waals surface area (Å²) in [5, 5.41) is 1.11. The van der Waals surface area contributed by atoms with Crippen molar-refractivity contribution in [3.8, 4) is 0 Å². The Labute approximate surface area is 76.6 Å². The minimum atomic E-state index is 0.375. The van der Waals surface area contributed by atoms with Crippen LogP contribution in [0.2, 0.25) is 0 Å². The van der Waals surface area contributed by atoms with Gasteiger partial charge < -0.3 is 10.5 Å². The van der Waals surface area contributed by atoms with Crippen molar-refractivity contribution in [3.63, 3.8) is 0 Å². The summed E-state index contributed by atoms with van der Waals surface area (Å²) in [6, 6.07) is 0. The van der Waals surface area contributed by atoms with Gasteiger partial charge in [0.2, 0.25) is 0 Å². The predicted molar refractivity (Wildman–Crippen MR) is 50.3 cm³/mol. The lowest BCUT2D eigenvalue weighted by Crippen LogP contribution is -2.00. The third kappa shape index (κ3) is 2.27. The van der Waals surface area contributed by atoms with E-state index in [9.17, 15) is 0 Å². The van der Waals surface area contributed by atoms with Crippen molar-refractivity contribution in [2.75, 3.05) is 13.7 Å². The molecule has 0 bridgehead atoms. The standard InChI is InChI=1S/C8H14N2OS/c1-6(5-11-2)8-10-4-7(3-9)12-8/h4,6H,3,5,9H2,1-2H3. The van der Waals surface area contributed by atoms with Gasteiger partial charge in [0.05, 0.1) is 11.6 Å². The van der Waals surface area contributed by atoms with Crippen LogP contribution in [0.4, 0.5) is 0 Å². The third-order valence-electron chi connectivity index (χ3n) is 1.61. The first-order valence-corrected chi connectivity index (χ1v) is 4.73. The predicted octanol–water partition coefficient (Wildman–Crippen LogP) is 1.35. The first kappa shape index (κ1) is 9.64. The maximum absolute atomic E-state index is 5.48.